The first kappa shape index (κ1) is 24.3. The van der Waals surface area contributed by atoms with E-state index in [0.717, 1.165) is 38.6 Å². The zero-order valence-corrected chi connectivity index (χ0v) is 21.0. The number of hydrogen-bond acceptors (Lipinski definition) is 5. The second-order valence-electron chi connectivity index (χ2n) is 8.65. The fourth-order valence-corrected chi connectivity index (χ4v) is 4.98. The Hall–Kier alpha value is -4.36. The van der Waals surface area contributed by atoms with Crippen molar-refractivity contribution in [3.8, 4) is 5.75 Å². The van der Waals surface area contributed by atoms with Crippen molar-refractivity contribution in [3.63, 3.8) is 0 Å². The van der Waals surface area contributed by atoms with Crippen LogP contribution in [0.1, 0.15) is 16.7 Å². The van der Waals surface area contributed by atoms with Gasteiger partial charge < -0.3 is 10.1 Å². The molecule has 37 heavy (non-hydrogen) atoms. The second kappa shape index (κ2) is 10.7. The first-order valence-electron chi connectivity index (χ1n) is 11.8. The van der Waals surface area contributed by atoms with Crippen LogP contribution in [0.3, 0.4) is 0 Å². The first-order chi connectivity index (χ1) is 18.0. The molecule has 1 aliphatic rings. The van der Waals surface area contributed by atoms with Gasteiger partial charge in [0.05, 0.1) is 4.91 Å². The molecule has 1 aliphatic heterocycles. The Morgan fingerprint density at radius 1 is 0.946 bits per heavy atom. The zero-order chi connectivity index (χ0) is 25.8. The van der Waals surface area contributed by atoms with Gasteiger partial charge >= 0.3 is 0 Å². The van der Waals surface area contributed by atoms with Crippen LogP contribution in [0.15, 0.2) is 95.9 Å². The Morgan fingerprint density at radius 2 is 1.70 bits per heavy atom. The van der Waals surface area contributed by atoms with Crippen molar-refractivity contribution in [3.05, 3.63) is 113 Å². The van der Waals surface area contributed by atoms with Gasteiger partial charge in [0.25, 0.3) is 11.1 Å². The lowest BCUT2D eigenvalue weighted by Gasteiger charge is -2.13. The van der Waals surface area contributed by atoms with E-state index in [1.54, 1.807) is 12.1 Å². The number of imide groups is 1. The van der Waals surface area contributed by atoms with E-state index in [2.05, 4.69) is 23.5 Å². The number of rotatable bonds is 7. The standard InChI is InChI=1S/C30H24N2O4S/c1-20-8-6-13-24(16-20)31-28(33)18-32-29(34)27(37-30(32)35)17-22-10-3-5-15-26(22)36-19-23-12-7-11-21-9-2-4-14-25(21)23/h2-17H,18-19H2,1H3,(H,31,33)/b27-17-. The van der Waals surface area contributed by atoms with Crippen LogP contribution in [-0.4, -0.2) is 28.5 Å². The lowest BCUT2D eigenvalue weighted by molar-refractivity contribution is -0.127. The molecule has 0 aliphatic carbocycles. The lowest BCUT2D eigenvalue weighted by Crippen LogP contribution is -2.36. The summed E-state index contributed by atoms with van der Waals surface area (Å²) in [6, 6.07) is 28.9. The minimum absolute atomic E-state index is 0.245. The van der Waals surface area contributed by atoms with E-state index in [-0.39, 0.29) is 11.4 Å². The van der Waals surface area contributed by atoms with Gasteiger partial charge in [-0.1, -0.05) is 72.8 Å². The number of carbonyl (C=O) groups excluding carboxylic acids is 3. The molecule has 7 heteroatoms. The highest BCUT2D eigenvalue weighted by molar-refractivity contribution is 8.18. The summed E-state index contributed by atoms with van der Waals surface area (Å²) in [5, 5.41) is 4.51. The number of fused-ring (bicyclic) bond motifs is 1. The van der Waals surface area contributed by atoms with Gasteiger partial charge in [-0.05, 0) is 64.9 Å². The number of benzene rings is 4. The maximum Gasteiger partial charge on any atom is 0.294 e. The molecule has 0 spiro atoms. The summed E-state index contributed by atoms with van der Waals surface area (Å²) in [7, 11) is 0. The van der Waals surface area contributed by atoms with Crippen LogP contribution in [0.2, 0.25) is 0 Å². The zero-order valence-electron chi connectivity index (χ0n) is 20.1. The number of para-hydroxylation sites is 1. The molecule has 184 valence electrons. The highest BCUT2D eigenvalue weighted by atomic mass is 32.2. The third-order valence-electron chi connectivity index (χ3n) is 5.95. The molecule has 0 aromatic heterocycles. The molecule has 4 aromatic carbocycles. The third kappa shape index (κ3) is 5.57. The van der Waals surface area contributed by atoms with Crippen LogP contribution in [0, 0.1) is 6.92 Å². The smallest absolute Gasteiger partial charge is 0.294 e. The Kier molecular flexibility index (Phi) is 7.05. The molecule has 1 N–H and O–H groups in total. The van der Waals surface area contributed by atoms with E-state index in [1.165, 1.54) is 0 Å². The van der Waals surface area contributed by atoms with E-state index in [1.807, 2.05) is 73.7 Å². The van der Waals surface area contributed by atoms with Crippen LogP contribution in [0.5, 0.6) is 5.75 Å². The SMILES string of the molecule is Cc1cccc(NC(=O)CN2C(=O)S/C(=C\c3ccccc3OCc3cccc4ccccc34)C2=O)c1. The van der Waals surface area contributed by atoms with Gasteiger partial charge in [-0.2, -0.15) is 0 Å². The van der Waals surface area contributed by atoms with Crippen LogP contribution < -0.4 is 10.1 Å². The van der Waals surface area contributed by atoms with Crippen molar-refractivity contribution >= 4 is 51.4 Å². The highest BCUT2D eigenvalue weighted by Gasteiger charge is 2.36. The molecule has 3 amide bonds. The summed E-state index contributed by atoms with van der Waals surface area (Å²) in [5.41, 5.74) is 3.34. The van der Waals surface area contributed by atoms with Gasteiger partial charge in [0.1, 0.15) is 18.9 Å². The minimum atomic E-state index is -0.502. The minimum Gasteiger partial charge on any atom is -0.488 e. The third-order valence-corrected chi connectivity index (χ3v) is 6.85. The number of aryl methyl sites for hydroxylation is 1. The number of amides is 3. The molecule has 1 fully saturated rings. The maximum atomic E-state index is 13.0. The van der Waals surface area contributed by atoms with E-state index >= 15 is 0 Å². The molecule has 6 nitrogen and oxygen atoms in total. The molecule has 1 heterocycles. The van der Waals surface area contributed by atoms with Crippen molar-refractivity contribution in [2.45, 2.75) is 13.5 Å². The number of carbonyl (C=O) groups is 3. The molecular formula is C30H24N2O4S. The lowest BCUT2D eigenvalue weighted by atomic mass is 10.1. The predicted octanol–water partition coefficient (Wildman–Crippen LogP) is 6.40. The van der Waals surface area contributed by atoms with E-state index < -0.39 is 17.1 Å². The number of nitrogens with zero attached hydrogens (tertiary/aromatic N) is 1. The maximum absolute atomic E-state index is 13.0. The molecule has 0 saturated carbocycles. The van der Waals surface area contributed by atoms with Crippen molar-refractivity contribution in [1.82, 2.24) is 4.90 Å². The largest absolute Gasteiger partial charge is 0.488 e. The molecule has 0 radical (unpaired) electrons. The number of nitrogens with one attached hydrogen (secondary N) is 1. The fraction of sp³-hybridized carbons (Fsp3) is 0.100. The quantitative estimate of drug-likeness (QED) is 0.292. The van der Waals surface area contributed by atoms with Crippen molar-refractivity contribution in [2.24, 2.45) is 0 Å². The van der Waals surface area contributed by atoms with E-state index in [9.17, 15) is 14.4 Å². The monoisotopic (exact) mass is 508 g/mol. The van der Waals surface area contributed by atoms with Crippen LogP contribution in [0.4, 0.5) is 10.5 Å². The predicted molar refractivity (Wildman–Crippen MR) is 147 cm³/mol. The van der Waals surface area contributed by atoms with Gasteiger partial charge in [-0.3, -0.25) is 19.3 Å². The average Bonchev–Trinajstić information content (AvgIpc) is 3.15. The van der Waals surface area contributed by atoms with Gasteiger partial charge in [-0.15, -0.1) is 0 Å². The van der Waals surface area contributed by atoms with Gasteiger partial charge in [0.2, 0.25) is 5.91 Å². The summed E-state index contributed by atoms with van der Waals surface area (Å²) in [5.74, 6) is -0.342. The molecule has 0 unspecified atom stereocenters. The molecule has 0 bridgehead atoms. The van der Waals surface area contributed by atoms with Crippen molar-refractivity contribution in [1.29, 1.82) is 0 Å². The Bertz CT molecular complexity index is 1540. The van der Waals surface area contributed by atoms with Crippen LogP contribution >= 0.6 is 11.8 Å². The number of ether oxygens (including phenoxy) is 1. The number of hydrogen-bond donors (Lipinski definition) is 1. The van der Waals surface area contributed by atoms with Crippen molar-refractivity contribution < 1.29 is 19.1 Å². The van der Waals surface area contributed by atoms with Gasteiger partial charge in [0.15, 0.2) is 0 Å². The Morgan fingerprint density at radius 3 is 2.57 bits per heavy atom. The van der Waals surface area contributed by atoms with Gasteiger partial charge in [0, 0.05) is 11.3 Å². The summed E-state index contributed by atoms with van der Waals surface area (Å²) < 4.78 is 6.14. The number of anilines is 1. The van der Waals surface area contributed by atoms with E-state index in [0.29, 0.717) is 23.6 Å². The summed E-state index contributed by atoms with van der Waals surface area (Å²) in [4.78, 5) is 39.3. The molecule has 4 aromatic rings. The fourth-order valence-electron chi connectivity index (χ4n) is 4.15. The first-order valence-corrected chi connectivity index (χ1v) is 12.6. The highest BCUT2D eigenvalue weighted by Crippen LogP contribution is 2.34. The summed E-state index contributed by atoms with van der Waals surface area (Å²) in [6.07, 6.45) is 1.64. The second-order valence-corrected chi connectivity index (χ2v) is 9.64. The van der Waals surface area contributed by atoms with E-state index in [4.69, 9.17) is 4.74 Å². The normalized spacial score (nSPS) is 14.4. The Balaban J connectivity index is 1.30. The van der Waals surface area contributed by atoms with Crippen LogP contribution in [-0.2, 0) is 16.2 Å². The number of thioether (sulfide) groups is 1. The van der Waals surface area contributed by atoms with Crippen molar-refractivity contribution in [2.75, 3.05) is 11.9 Å². The summed E-state index contributed by atoms with van der Waals surface area (Å²) in [6.45, 7) is 1.92. The topological polar surface area (TPSA) is 75.7 Å². The molecular weight excluding hydrogens is 484 g/mol. The molecule has 0 atom stereocenters. The van der Waals surface area contributed by atoms with Crippen LogP contribution in [0.25, 0.3) is 16.8 Å². The average molecular weight is 509 g/mol. The Labute approximate surface area is 218 Å². The molecule has 1 saturated heterocycles. The molecule has 5 rings (SSSR count). The van der Waals surface area contributed by atoms with Gasteiger partial charge in [-0.25, -0.2) is 0 Å². The summed E-state index contributed by atoms with van der Waals surface area (Å²) >= 11 is 0.815.